The van der Waals surface area contributed by atoms with Crippen LogP contribution in [-0.4, -0.2) is 36.5 Å². The number of methoxy groups -OCH3 is 1. The molecular weight excluding hydrogens is 354 g/mol. The molecule has 142 valence electrons. The van der Waals surface area contributed by atoms with Crippen molar-refractivity contribution < 1.29 is 28.7 Å². The van der Waals surface area contributed by atoms with E-state index in [1.807, 2.05) is 6.92 Å². The average molecular weight is 373 g/mol. The highest BCUT2D eigenvalue weighted by molar-refractivity contribution is 6.02. The zero-order valence-corrected chi connectivity index (χ0v) is 15.1. The third-order valence-corrected chi connectivity index (χ3v) is 3.72. The Balaban J connectivity index is 2.15. The number of nitro benzene ring substituents is 1. The third-order valence-electron chi connectivity index (χ3n) is 3.72. The van der Waals surface area contributed by atoms with Gasteiger partial charge in [0.05, 0.1) is 18.6 Å². The molecule has 1 atom stereocenters. The predicted molar refractivity (Wildman–Crippen MR) is 96.5 cm³/mol. The molecule has 0 aliphatic rings. The van der Waals surface area contributed by atoms with Gasteiger partial charge in [0.25, 0.3) is 5.69 Å². The van der Waals surface area contributed by atoms with Crippen molar-refractivity contribution in [3.63, 3.8) is 0 Å². The predicted octanol–water partition coefficient (Wildman–Crippen LogP) is 3.43. The molecule has 0 aliphatic carbocycles. The Hall–Kier alpha value is -3.42. The number of esters is 1. The summed E-state index contributed by atoms with van der Waals surface area (Å²) in [7, 11) is 1.33. The van der Waals surface area contributed by atoms with Crippen molar-refractivity contribution in [1.29, 1.82) is 0 Å². The van der Waals surface area contributed by atoms with Gasteiger partial charge in [0.2, 0.25) is 5.78 Å². The van der Waals surface area contributed by atoms with E-state index >= 15 is 0 Å². The number of ether oxygens (including phenoxy) is 3. The lowest BCUT2D eigenvalue weighted by molar-refractivity contribution is -0.384. The molecule has 0 saturated heterocycles. The van der Waals surface area contributed by atoms with Gasteiger partial charge in [0, 0.05) is 17.7 Å². The average Bonchev–Trinajstić information content (AvgIpc) is 2.67. The fourth-order valence-corrected chi connectivity index (χ4v) is 2.36. The number of benzene rings is 2. The van der Waals surface area contributed by atoms with Crippen LogP contribution in [-0.2, 0) is 4.74 Å². The molecule has 27 heavy (non-hydrogen) atoms. The standard InChI is InChI=1S/C19H19NO7/c1-4-26-15-8-5-13(6-9-15)18(21)12(2)27-19(22)16-11-14(20(23)24)7-10-17(16)25-3/h5-12H,4H2,1-3H3/t12-/m0/s1. The van der Waals surface area contributed by atoms with Crippen LogP contribution in [0.1, 0.15) is 34.6 Å². The van der Waals surface area contributed by atoms with Gasteiger partial charge in [0.15, 0.2) is 6.10 Å². The van der Waals surface area contributed by atoms with Gasteiger partial charge < -0.3 is 14.2 Å². The van der Waals surface area contributed by atoms with Crippen LogP contribution in [0.3, 0.4) is 0 Å². The van der Waals surface area contributed by atoms with Crippen molar-refractivity contribution in [2.45, 2.75) is 20.0 Å². The number of rotatable bonds is 8. The smallest absolute Gasteiger partial charge is 0.342 e. The van der Waals surface area contributed by atoms with E-state index in [2.05, 4.69) is 0 Å². The molecule has 0 spiro atoms. The van der Waals surface area contributed by atoms with Crippen molar-refractivity contribution in [2.75, 3.05) is 13.7 Å². The molecule has 0 unspecified atom stereocenters. The monoisotopic (exact) mass is 373 g/mol. The largest absolute Gasteiger partial charge is 0.496 e. The quantitative estimate of drug-likeness (QED) is 0.302. The topological polar surface area (TPSA) is 105 Å². The summed E-state index contributed by atoms with van der Waals surface area (Å²) in [6.45, 7) is 3.79. The van der Waals surface area contributed by atoms with E-state index in [1.165, 1.54) is 26.2 Å². The fraction of sp³-hybridized carbons (Fsp3) is 0.263. The van der Waals surface area contributed by atoms with E-state index in [0.717, 1.165) is 6.07 Å². The number of nitrogens with zero attached hydrogens (tertiary/aromatic N) is 1. The molecule has 2 aromatic rings. The van der Waals surface area contributed by atoms with E-state index in [9.17, 15) is 19.7 Å². The minimum absolute atomic E-state index is 0.117. The Kier molecular flexibility index (Phi) is 6.48. The van der Waals surface area contributed by atoms with Crippen LogP contribution in [0.4, 0.5) is 5.69 Å². The molecule has 0 saturated carbocycles. The second-order valence-electron chi connectivity index (χ2n) is 5.51. The summed E-state index contributed by atoms with van der Waals surface area (Å²) < 4.78 is 15.5. The first-order chi connectivity index (χ1) is 12.9. The van der Waals surface area contributed by atoms with Gasteiger partial charge in [-0.05, 0) is 44.2 Å². The maximum atomic E-state index is 12.5. The van der Waals surface area contributed by atoms with E-state index < -0.39 is 22.8 Å². The maximum absolute atomic E-state index is 12.5. The second-order valence-corrected chi connectivity index (χ2v) is 5.51. The highest BCUT2D eigenvalue weighted by atomic mass is 16.6. The van der Waals surface area contributed by atoms with Gasteiger partial charge in [-0.2, -0.15) is 0 Å². The molecule has 0 N–H and O–H groups in total. The fourth-order valence-electron chi connectivity index (χ4n) is 2.36. The molecule has 0 amide bonds. The van der Waals surface area contributed by atoms with Crippen LogP contribution in [0.5, 0.6) is 11.5 Å². The van der Waals surface area contributed by atoms with Crippen molar-refractivity contribution >= 4 is 17.4 Å². The molecule has 0 aromatic heterocycles. The van der Waals surface area contributed by atoms with Crippen LogP contribution in [0.2, 0.25) is 0 Å². The zero-order chi connectivity index (χ0) is 20.0. The van der Waals surface area contributed by atoms with Gasteiger partial charge in [-0.15, -0.1) is 0 Å². The Morgan fingerprint density at radius 3 is 2.37 bits per heavy atom. The van der Waals surface area contributed by atoms with Crippen molar-refractivity contribution in [3.05, 3.63) is 63.7 Å². The van der Waals surface area contributed by atoms with Crippen LogP contribution in [0, 0.1) is 10.1 Å². The normalized spacial score (nSPS) is 11.4. The van der Waals surface area contributed by atoms with Crippen LogP contribution in [0.25, 0.3) is 0 Å². The van der Waals surface area contributed by atoms with Gasteiger partial charge >= 0.3 is 5.97 Å². The molecule has 2 aromatic carbocycles. The van der Waals surface area contributed by atoms with E-state index in [1.54, 1.807) is 24.3 Å². The zero-order valence-electron chi connectivity index (χ0n) is 15.1. The summed E-state index contributed by atoms with van der Waals surface area (Å²) >= 11 is 0. The van der Waals surface area contributed by atoms with Gasteiger partial charge in [-0.1, -0.05) is 0 Å². The molecule has 0 heterocycles. The van der Waals surface area contributed by atoms with Crippen LogP contribution in [0.15, 0.2) is 42.5 Å². The van der Waals surface area contributed by atoms with Crippen LogP contribution >= 0.6 is 0 Å². The minimum Gasteiger partial charge on any atom is -0.496 e. The number of ketones is 1. The molecule has 2 rings (SSSR count). The van der Waals surface area contributed by atoms with Gasteiger partial charge in [-0.25, -0.2) is 4.79 Å². The van der Waals surface area contributed by atoms with Crippen molar-refractivity contribution in [3.8, 4) is 11.5 Å². The van der Waals surface area contributed by atoms with Gasteiger partial charge in [0.1, 0.15) is 17.1 Å². The van der Waals surface area contributed by atoms with E-state index in [0.29, 0.717) is 17.9 Å². The Morgan fingerprint density at radius 1 is 1.15 bits per heavy atom. The molecule has 8 nitrogen and oxygen atoms in total. The maximum Gasteiger partial charge on any atom is 0.342 e. The lowest BCUT2D eigenvalue weighted by Gasteiger charge is -2.14. The first kappa shape index (κ1) is 19.9. The summed E-state index contributed by atoms with van der Waals surface area (Å²) in [6.07, 6.45) is -1.08. The molecule has 0 aliphatic heterocycles. The SMILES string of the molecule is CCOc1ccc(C(=O)[C@H](C)OC(=O)c2cc([N+](=O)[O-])ccc2OC)cc1. The summed E-state index contributed by atoms with van der Waals surface area (Å²) in [4.78, 5) is 35.1. The Bertz CT molecular complexity index is 846. The minimum atomic E-state index is -1.08. The highest BCUT2D eigenvalue weighted by Gasteiger charge is 2.24. The third kappa shape index (κ3) is 4.81. The summed E-state index contributed by atoms with van der Waals surface area (Å²) in [5.41, 5.74) is -0.0592. The number of hydrogen-bond donors (Lipinski definition) is 0. The molecule has 8 heteroatoms. The van der Waals surface area contributed by atoms with Gasteiger partial charge in [-0.3, -0.25) is 14.9 Å². The lowest BCUT2D eigenvalue weighted by Crippen LogP contribution is -2.24. The Morgan fingerprint density at radius 2 is 1.81 bits per heavy atom. The number of carbonyl (C=O) groups is 2. The van der Waals surface area contributed by atoms with E-state index in [4.69, 9.17) is 14.2 Å². The number of nitro groups is 1. The summed E-state index contributed by atoms with van der Waals surface area (Å²) in [5, 5.41) is 10.9. The number of Topliss-reactive ketones (excluding diaryl/α,β-unsaturated/α-hetero) is 1. The molecule has 0 radical (unpaired) electrons. The Labute approximate surface area is 155 Å². The van der Waals surface area contributed by atoms with E-state index in [-0.39, 0.29) is 17.0 Å². The molecule has 0 fully saturated rings. The number of non-ortho nitro benzene ring substituents is 1. The first-order valence-electron chi connectivity index (χ1n) is 8.17. The van der Waals surface area contributed by atoms with Crippen molar-refractivity contribution in [1.82, 2.24) is 0 Å². The van der Waals surface area contributed by atoms with Crippen molar-refractivity contribution in [2.24, 2.45) is 0 Å². The summed E-state index contributed by atoms with van der Waals surface area (Å²) in [5.74, 6) is -0.551. The first-order valence-corrected chi connectivity index (χ1v) is 8.17. The van der Waals surface area contributed by atoms with Crippen LogP contribution < -0.4 is 9.47 Å². The molecule has 0 bridgehead atoms. The molecular formula is C19H19NO7. The highest BCUT2D eigenvalue weighted by Crippen LogP contribution is 2.25. The number of hydrogen-bond acceptors (Lipinski definition) is 7. The lowest BCUT2D eigenvalue weighted by atomic mass is 10.1. The second kappa shape index (κ2) is 8.79. The number of carbonyl (C=O) groups excluding carboxylic acids is 2. The summed E-state index contributed by atoms with van der Waals surface area (Å²) in [6, 6.07) is 10.0.